The van der Waals surface area contributed by atoms with Crippen molar-refractivity contribution in [3.63, 3.8) is 0 Å². The summed E-state index contributed by atoms with van der Waals surface area (Å²) in [5.74, 6) is -2.52. The van der Waals surface area contributed by atoms with Crippen molar-refractivity contribution in [2.24, 2.45) is 0 Å². The summed E-state index contributed by atoms with van der Waals surface area (Å²) in [5, 5.41) is 8.83. The molecule has 0 bridgehead atoms. The smallest absolute Gasteiger partial charge is 0.338 e. The van der Waals surface area contributed by atoms with Gasteiger partial charge >= 0.3 is 5.97 Å². The highest BCUT2D eigenvalue weighted by Gasteiger charge is 2.19. The molecule has 0 aliphatic carbocycles. The highest BCUT2D eigenvalue weighted by molar-refractivity contribution is 14.1. The first kappa shape index (κ1) is 15.7. The minimum absolute atomic E-state index is 0.319. The third-order valence-electron chi connectivity index (χ3n) is 2.56. The molecular formula is C13H9FINO4S. The Balaban J connectivity index is 2.40. The Labute approximate surface area is 134 Å². The molecule has 110 valence electrons. The quantitative estimate of drug-likeness (QED) is 0.744. The number of rotatable bonds is 4. The first-order chi connectivity index (χ1) is 9.79. The standard InChI is InChI=1S/C13H9FINO4S/c14-12-5-4-10(7-11(12)13(17)18)21(19,20)16-9-3-1-2-8(15)6-9/h1-7,16H,(H,17,18). The number of carbonyl (C=O) groups is 1. The molecule has 0 spiro atoms. The SMILES string of the molecule is O=C(O)c1cc(S(=O)(=O)Nc2cccc(I)c2)ccc1F. The molecule has 2 N–H and O–H groups in total. The van der Waals surface area contributed by atoms with Crippen molar-refractivity contribution in [3.8, 4) is 0 Å². The van der Waals surface area contributed by atoms with E-state index in [1.807, 2.05) is 22.6 Å². The van der Waals surface area contributed by atoms with Gasteiger partial charge in [0.1, 0.15) is 5.82 Å². The highest BCUT2D eigenvalue weighted by atomic mass is 127. The summed E-state index contributed by atoms with van der Waals surface area (Å²) in [6.45, 7) is 0. The summed E-state index contributed by atoms with van der Waals surface area (Å²) in [5.41, 5.74) is -0.358. The predicted molar refractivity (Wildman–Crippen MR) is 83.3 cm³/mol. The van der Waals surface area contributed by atoms with Gasteiger partial charge in [-0.05, 0) is 59.0 Å². The van der Waals surface area contributed by atoms with Crippen LogP contribution in [0.25, 0.3) is 0 Å². The number of anilines is 1. The summed E-state index contributed by atoms with van der Waals surface area (Å²) in [7, 11) is -3.99. The van der Waals surface area contributed by atoms with Crippen molar-refractivity contribution in [2.75, 3.05) is 4.72 Å². The molecule has 0 atom stereocenters. The van der Waals surface area contributed by atoms with Gasteiger partial charge in [0.25, 0.3) is 10.0 Å². The third kappa shape index (κ3) is 3.70. The average molecular weight is 421 g/mol. The maximum Gasteiger partial charge on any atom is 0.338 e. The fourth-order valence-corrected chi connectivity index (χ4v) is 3.22. The average Bonchev–Trinajstić information content (AvgIpc) is 2.38. The molecule has 2 rings (SSSR count). The number of benzene rings is 2. The lowest BCUT2D eigenvalue weighted by molar-refractivity contribution is 0.0691. The third-order valence-corrected chi connectivity index (χ3v) is 4.61. The molecule has 2 aromatic rings. The van der Waals surface area contributed by atoms with E-state index in [4.69, 9.17) is 5.11 Å². The molecule has 0 unspecified atom stereocenters. The summed E-state index contributed by atoms with van der Waals surface area (Å²) in [6.07, 6.45) is 0. The van der Waals surface area contributed by atoms with Crippen LogP contribution in [0.2, 0.25) is 0 Å². The largest absolute Gasteiger partial charge is 0.478 e. The minimum atomic E-state index is -3.99. The Morgan fingerprint density at radius 1 is 1.19 bits per heavy atom. The molecule has 0 amide bonds. The molecule has 0 heterocycles. The summed E-state index contributed by atoms with van der Waals surface area (Å²) in [4.78, 5) is 10.5. The number of carboxylic acid groups (broad SMARTS) is 1. The van der Waals surface area contributed by atoms with E-state index in [2.05, 4.69) is 4.72 Å². The first-order valence-electron chi connectivity index (χ1n) is 5.61. The van der Waals surface area contributed by atoms with Crippen molar-refractivity contribution in [3.05, 3.63) is 57.4 Å². The Bertz CT molecular complexity index is 808. The van der Waals surface area contributed by atoms with E-state index in [9.17, 15) is 17.6 Å². The van der Waals surface area contributed by atoms with Crippen LogP contribution in [0.5, 0.6) is 0 Å². The highest BCUT2D eigenvalue weighted by Crippen LogP contribution is 2.20. The van der Waals surface area contributed by atoms with E-state index in [-0.39, 0.29) is 4.90 Å². The molecule has 0 saturated heterocycles. The number of hydrogen-bond acceptors (Lipinski definition) is 3. The maximum absolute atomic E-state index is 13.3. The second-order valence-corrected chi connectivity index (χ2v) is 6.99. The van der Waals surface area contributed by atoms with E-state index < -0.39 is 27.4 Å². The Kier molecular flexibility index (Phi) is 4.47. The lowest BCUT2D eigenvalue weighted by Crippen LogP contribution is -2.14. The molecule has 5 nitrogen and oxygen atoms in total. The number of sulfonamides is 1. The van der Waals surface area contributed by atoms with E-state index in [0.29, 0.717) is 5.69 Å². The Morgan fingerprint density at radius 2 is 1.90 bits per heavy atom. The van der Waals surface area contributed by atoms with Gasteiger partial charge in [0.05, 0.1) is 10.5 Å². The lowest BCUT2D eigenvalue weighted by atomic mass is 10.2. The van der Waals surface area contributed by atoms with E-state index in [1.54, 1.807) is 24.3 Å². The van der Waals surface area contributed by atoms with Gasteiger partial charge in [0, 0.05) is 9.26 Å². The van der Waals surface area contributed by atoms with Gasteiger partial charge < -0.3 is 5.11 Å². The predicted octanol–water partition coefficient (Wildman–Crippen LogP) is 2.93. The first-order valence-corrected chi connectivity index (χ1v) is 8.17. The Morgan fingerprint density at radius 3 is 2.52 bits per heavy atom. The van der Waals surface area contributed by atoms with Gasteiger partial charge in [-0.25, -0.2) is 17.6 Å². The van der Waals surface area contributed by atoms with Gasteiger partial charge in [0.15, 0.2) is 0 Å². The van der Waals surface area contributed by atoms with Crippen LogP contribution < -0.4 is 4.72 Å². The van der Waals surface area contributed by atoms with Crippen LogP contribution >= 0.6 is 22.6 Å². The van der Waals surface area contributed by atoms with E-state index in [0.717, 1.165) is 21.8 Å². The Hall–Kier alpha value is -1.68. The molecule has 0 aliphatic rings. The van der Waals surface area contributed by atoms with Crippen LogP contribution in [0, 0.1) is 9.39 Å². The van der Waals surface area contributed by atoms with Crippen molar-refractivity contribution in [1.82, 2.24) is 0 Å². The zero-order valence-electron chi connectivity index (χ0n) is 10.4. The summed E-state index contributed by atoms with van der Waals surface area (Å²) in [6, 6.07) is 9.24. The molecular weight excluding hydrogens is 412 g/mol. The lowest BCUT2D eigenvalue weighted by Gasteiger charge is -2.09. The number of hydrogen-bond donors (Lipinski definition) is 2. The van der Waals surface area contributed by atoms with Crippen molar-refractivity contribution in [1.29, 1.82) is 0 Å². The van der Waals surface area contributed by atoms with Crippen LogP contribution in [0.4, 0.5) is 10.1 Å². The molecule has 21 heavy (non-hydrogen) atoms. The molecule has 8 heteroatoms. The molecule has 2 aromatic carbocycles. The number of nitrogens with one attached hydrogen (secondary N) is 1. The molecule has 0 fully saturated rings. The van der Waals surface area contributed by atoms with Crippen molar-refractivity contribution >= 4 is 44.3 Å². The number of halogens is 2. The molecule has 0 saturated carbocycles. The van der Waals surface area contributed by atoms with Crippen LogP contribution in [0.15, 0.2) is 47.4 Å². The van der Waals surface area contributed by atoms with Gasteiger partial charge in [0.2, 0.25) is 0 Å². The van der Waals surface area contributed by atoms with Gasteiger partial charge in [-0.1, -0.05) is 6.07 Å². The van der Waals surface area contributed by atoms with Gasteiger partial charge in [-0.15, -0.1) is 0 Å². The van der Waals surface area contributed by atoms with Gasteiger partial charge in [-0.2, -0.15) is 0 Å². The molecule has 0 radical (unpaired) electrons. The van der Waals surface area contributed by atoms with Crippen LogP contribution in [-0.4, -0.2) is 19.5 Å². The number of aromatic carboxylic acids is 1. The van der Waals surface area contributed by atoms with Crippen molar-refractivity contribution in [2.45, 2.75) is 4.90 Å². The monoisotopic (exact) mass is 421 g/mol. The van der Waals surface area contributed by atoms with E-state index in [1.165, 1.54) is 0 Å². The molecule has 0 aromatic heterocycles. The minimum Gasteiger partial charge on any atom is -0.478 e. The second kappa shape index (κ2) is 5.98. The zero-order chi connectivity index (χ0) is 15.6. The fourth-order valence-electron chi connectivity index (χ4n) is 1.60. The second-order valence-electron chi connectivity index (χ2n) is 4.06. The zero-order valence-corrected chi connectivity index (χ0v) is 13.4. The van der Waals surface area contributed by atoms with Crippen LogP contribution in [0.1, 0.15) is 10.4 Å². The topological polar surface area (TPSA) is 83.5 Å². The molecule has 0 aliphatic heterocycles. The fraction of sp³-hybridized carbons (Fsp3) is 0. The summed E-state index contributed by atoms with van der Waals surface area (Å²) >= 11 is 2.03. The number of carboxylic acids is 1. The normalized spacial score (nSPS) is 11.1. The van der Waals surface area contributed by atoms with Crippen LogP contribution in [-0.2, 0) is 10.0 Å². The van der Waals surface area contributed by atoms with Gasteiger partial charge in [-0.3, -0.25) is 4.72 Å². The maximum atomic E-state index is 13.3. The van der Waals surface area contributed by atoms with Crippen molar-refractivity contribution < 1.29 is 22.7 Å². The van der Waals surface area contributed by atoms with E-state index >= 15 is 0 Å². The summed E-state index contributed by atoms with van der Waals surface area (Å²) < 4.78 is 40.8. The van der Waals surface area contributed by atoms with Crippen LogP contribution in [0.3, 0.4) is 0 Å².